The number of amides is 1. The van der Waals surface area contributed by atoms with Crippen LogP contribution in [0.15, 0.2) is 0 Å². The highest BCUT2D eigenvalue weighted by Gasteiger charge is 2.56. The Labute approximate surface area is 64.4 Å². The first kappa shape index (κ1) is 6.91. The summed E-state index contributed by atoms with van der Waals surface area (Å²) in [5.41, 5.74) is 0. The average molecular weight is 157 g/mol. The standard InChI is InChI=1S/C7H11NO3/c9-3-6-4-1-8(7(10)11)2-5(4)6/h4-6,9H,1-3H2,(H,10,11). The SMILES string of the molecule is O=C(O)N1CC2C(CO)C2C1. The molecule has 1 aliphatic carbocycles. The number of carbonyl (C=O) groups is 1. The Morgan fingerprint density at radius 3 is 2.36 bits per heavy atom. The lowest BCUT2D eigenvalue weighted by Gasteiger charge is -2.14. The molecule has 2 fully saturated rings. The number of aliphatic hydroxyl groups excluding tert-OH is 1. The molecule has 1 saturated carbocycles. The van der Waals surface area contributed by atoms with E-state index in [-0.39, 0.29) is 6.61 Å². The molecule has 0 aromatic carbocycles. The normalized spacial score (nSPS) is 40.5. The zero-order valence-corrected chi connectivity index (χ0v) is 6.10. The third-order valence-corrected chi connectivity index (χ3v) is 2.85. The summed E-state index contributed by atoms with van der Waals surface area (Å²) in [7, 11) is 0. The van der Waals surface area contributed by atoms with E-state index in [1.165, 1.54) is 4.90 Å². The number of aliphatic hydroxyl groups is 1. The van der Waals surface area contributed by atoms with Crippen molar-refractivity contribution in [1.29, 1.82) is 0 Å². The highest BCUT2D eigenvalue weighted by molar-refractivity contribution is 5.65. The van der Waals surface area contributed by atoms with Crippen molar-refractivity contribution in [2.45, 2.75) is 0 Å². The van der Waals surface area contributed by atoms with Crippen molar-refractivity contribution < 1.29 is 15.0 Å². The van der Waals surface area contributed by atoms with E-state index in [0.29, 0.717) is 30.8 Å². The van der Waals surface area contributed by atoms with E-state index in [9.17, 15) is 4.79 Å². The van der Waals surface area contributed by atoms with Crippen LogP contribution in [0.5, 0.6) is 0 Å². The fourth-order valence-electron chi connectivity index (χ4n) is 2.08. The molecule has 1 heterocycles. The van der Waals surface area contributed by atoms with Gasteiger partial charge in [-0.15, -0.1) is 0 Å². The van der Waals surface area contributed by atoms with Crippen molar-refractivity contribution in [2.24, 2.45) is 17.8 Å². The molecule has 2 atom stereocenters. The third-order valence-electron chi connectivity index (χ3n) is 2.85. The minimum atomic E-state index is -0.825. The van der Waals surface area contributed by atoms with Crippen LogP contribution in [0.2, 0.25) is 0 Å². The van der Waals surface area contributed by atoms with Crippen molar-refractivity contribution in [3.05, 3.63) is 0 Å². The summed E-state index contributed by atoms with van der Waals surface area (Å²) in [5, 5.41) is 17.3. The largest absolute Gasteiger partial charge is 0.465 e. The van der Waals surface area contributed by atoms with Gasteiger partial charge in [-0.3, -0.25) is 0 Å². The van der Waals surface area contributed by atoms with Crippen molar-refractivity contribution in [3.63, 3.8) is 0 Å². The second kappa shape index (κ2) is 2.11. The molecule has 0 radical (unpaired) electrons. The van der Waals surface area contributed by atoms with Gasteiger partial charge in [-0.2, -0.15) is 0 Å². The van der Waals surface area contributed by atoms with Crippen LogP contribution < -0.4 is 0 Å². The summed E-state index contributed by atoms with van der Waals surface area (Å²) in [5.74, 6) is 1.30. The van der Waals surface area contributed by atoms with Gasteiger partial charge in [0.1, 0.15) is 0 Å². The molecule has 2 unspecified atom stereocenters. The quantitative estimate of drug-likeness (QED) is 0.555. The van der Waals surface area contributed by atoms with Crippen LogP contribution in [0.25, 0.3) is 0 Å². The smallest absolute Gasteiger partial charge is 0.407 e. The molecule has 0 aromatic rings. The van der Waals surface area contributed by atoms with Gasteiger partial charge in [0, 0.05) is 19.7 Å². The Balaban J connectivity index is 1.89. The highest BCUT2D eigenvalue weighted by atomic mass is 16.4. The van der Waals surface area contributed by atoms with Crippen LogP contribution in [-0.4, -0.2) is 40.9 Å². The van der Waals surface area contributed by atoms with E-state index >= 15 is 0 Å². The minimum Gasteiger partial charge on any atom is -0.465 e. The summed E-state index contributed by atoms with van der Waals surface area (Å²) in [4.78, 5) is 11.9. The van der Waals surface area contributed by atoms with Crippen LogP contribution >= 0.6 is 0 Å². The Hall–Kier alpha value is -0.770. The molecule has 2 N–H and O–H groups in total. The number of hydrogen-bond donors (Lipinski definition) is 2. The number of likely N-dealkylation sites (tertiary alicyclic amines) is 1. The van der Waals surface area contributed by atoms with Gasteiger partial charge in [0.2, 0.25) is 0 Å². The van der Waals surface area contributed by atoms with Crippen LogP contribution in [0.4, 0.5) is 4.79 Å². The van der Waals surface area contributed by atoms with Gasteiger partial charge >= 0.3 is 6.09 Å². The zero-order valence-electron chi connectivity index (χ0n) is 6.10. The lowest BCUT2D eigenvalue weighted by molar-refractivity contribution is 0.144. The molecular formula is C7H11NO3. The second-order valence-electron chi connectivity index (χ2n) is 3.36. The Kier molecular flexibility index (Phi) is 1.32. The number of piperidine rings is 1. The van der Waals surface area contributed by atoms with Gasteiger partial charge in [-0.25, -0.2) is 4.79 Å². The molecule has 4 heteroatoms. The van der Waals surface area contributed by atoms with Crippen molar-refractivity contribution in [1.82, 2.24) is 4.90 Å². The maximum absolute atomic E-state index is 10.4. The van der Waals surface area contributed by atoms with Gasteiger partial charge in [-0.05, 0) is 17.8 Å². The van der Waals surface area contributed by atoms with Crippen LogP contribution in [0, 0.1) is 17.8 Å². The number of carboxylic acid groups (broad SMARTS) is 1. The topological polar surface area (TPSA) is 60.8 Å². The third kappa shape index (κ3) is 0.894. The molecule has 62 valence electrons. The number of fused-ring (bicyclic) bond motifs is 1. The van der Waals surface area contributed by atoms with E-state index < -0.39 is 6.09 Å². The van der Waals surface area contributed by atoms with E-state index in [4.69, 9.17) is 10.2 Å². The Bertz CT molecular complexity index is 182. The van der Waals surface area contributed by atoms with Gasteiger partial charge in [0.25, 0.3) is 0 Å². The zero-order chi connectivity index (χ0) is 8.01. The van der Waals surface area contributed by atoms with Gasteiger partial charge in [0.15, 0.2) is 0 Å². The van der Waals surface area contributed by atoms with Crippen LogP contribution in [0.3, 0.4) is 0 Å². The predicted molar refractivity (Wildman–Crippen MR) is 37.2 cm³/mol. The van der Waals surface area contributed by atoms with E-state index in [2.05, 4.69) is 0 Å². The maximum atomic E-state index is 10.4. The van der Waals surface area contributed by atoms with Crippen molar-refractivity contribution in [2.75, 3.05) is 19.7 Å². The minimum absolute atomic E-state index is 0.225. The maximum Gasteiger partial charge on any atom is 0.407 e. The van der Waals surface area contributed by atoms with Gasteiger partial charge in [-0.1, -0.05) is 0 Å². The van der Waals surface area contributed by atoms with Crippen LogP contribution in [-0.2, 0) is 0 Å². The van der Waals surface area contributed by atoms with E-state index in [0.717, 1.165) is 0 Å². The molecule has 2 aliphatic rings. The second-order valence-corrected chi connectivity index (χ2v) is 3.36. The summed E-state index contributed by atoms with van der Waals surface area (Å²) in [6.07, 6.45) is -0.825. The molecule has 4 nitrogen and oxygen atoms in total. The first-order chi connectivity index (χ1) is 5.24. The van der Waals surface area contributed by atoms with E-state index in [1.54, 1.807) is 0 Å². The fraction of sp³-hybridized carbons (Fsp3) is 0.857. The average Bonchev–Trinajstić information content (AvgIpc) is 2.41. The summed E-state index contributed by atoms with van der Waals surface area (Å²) < 4.78 is 0. The Morgan fingerprint density at radius 1 is 1.45 bits per heavy atom. The molecule has 0 aromatic heterocycles. The molecule has 1 saturated heterocycles. The van der Waals surface area contributed by atoms with Crippen molar-refractivity contribution in [3.8, 4) is 0 Å². The summed E-state index contributed by atoms with van der Waals surface area (Å²) >= 11 is 0. The monoisotopic (exact) mass is 157 g/mol. The fourth-order valence-corrected chi connectivity index (χ4v) is 2.08. The number of hydrogen-bond acceptors (Lipinski definition) is 2. The number of rotatable bonds is 1. The molecule has 11 heavy (non-hydrogen) atoms. The lowest BCUT2D eigenvalue weighted by atomic mass is 10.3. The van der Waals surface area contributed by atoms with Gasteiger partial charge in [0.05, 0.1) is 0 Å². The molecular weight excluding hydrogens is 146 g/mol. The lowest BCUT2D eigenvalue weighted by Crippen LogP contribution is -2.30. The van der Waals surface area contributed by atoms with Gasteiger partial charge < -0.3 is 15.1 Å². The molecule has 0 spiro atoms. The highest BCUT2D eigenvalue weighted by Crippen LogP contribution is 2.51. The number of nitrogens with zero attached hydrogens (tertiary/aromatic N) is 1. The summed E-state index contributed by atoms with van der Waals surface area (Å²) in [6.45, 7) is 1.49. The first-order valence-electron chi connectivity index (χ1n) is 3.82. The summed E-state index contributed by atoms with van der Waals surface area (Å²) in [6, 6.07) is 0. The molecule has 0 bridgehead atoms. The first-order valence-corrected chi connectivity index (χ1v) is 3.82. The van der Waals surface area contributed by atoms with E-state index in [1.807, 2.05) is 0 Å². The molecule has 1 amide bonds. The molecule has 1 aliphatic heterocycles. The van der Waals surface area contributed by atoms with Crippen LogP contribution in [0.1, 0.15) is 0 Å². The Morgan fingerprint density at radius 2 is 2.00 bits per heavy atom. The van der Waals surface area contributed by atoms with Crippen molar-refractivity contribution >= 4 is 6.09 Å². The molecule has 2 rings (SSSR count). The predicted octanol–water partition coefficient (Wildman–Crippen LogP) is -0.165.